The van der Waals surface area contributed by atoms with Gasteiger partial charge in [-0.15, -0.1) is 0 Å². The van der Waals surface area contributed by atoms with E-state index in [0.717, 1.165) is 0 Å². The van der Waals surface area contributed by atoms with Gasteiger partial charge in [-0.2, -0.15) is 19.3 Å². The van der Waals surface area contributed by atoms with Crippen LogP contribution in [0, 0.1) is 11.3 Å². The van der Waals surface area contributed by atoms with Gasteiger partial charge in [0.15, 0.2) is 5.56 Å². The molecule has 0 aliphatic heterocycles. The highest BCUT2D eigenvalue weighted by molar-refractivity contribution is 5.71. The number of aryl methyl sites for hydroxylation is 1. The standard InChI is InChI=1S/C19H14N6O2/c1-2-23-16-5-3-4-8-24(16)19(27)17(18(23)26)13-6-7-15(14(9-13)10-20)25-12-21-11-22-25/h3-9,11-12H,2H2,1H3/p+1. The van der Waals surface area contributed by atoms with Gasteiger partial charge in [0, 0.05) is 6.07 Å². The number of nitrogens with zero attached hydrogens (tertiary/aromatic N) is 6. The molecule has 3 aromatic heterocycles. The predicted molar refractivity (Wildman–Crippen MR) is 96.3 cm³/mol. The third kappa shape index (κ3) is 2.53. The van der Waals surface area contributed by atoms with E-state index in [1.165, 1.54) is 21.7 Å². The van der Waals surface area contributed by atoms with Crippen molar-refractivity contribution in [2.75, 3.05) is 0 Å². The molecule has 0 saturated heterocycles. The fraction of sp³-hybridized carbons (Fsp3) is 0.105. The molecular weight excluding hydrogens is 344 g/mol. The van der Waals surface area contributed by atoms with Crippen molar-refractivity contribution < 1.29 is 9.67 Å². The van der Waals surface area contributed by atoms with Crippen molar-refractivity contribution in [1.29, 1.82) is 5.26 Å². The number of benzene rings is 1. The van der Waals surface area contributed by atoms with Crippen molar-refractivity contribution in [3.63, 3.8) is 0 Å². The SMILES string of the molecule is CC[n+]1c(O)c(-c2ccc(-n3cncn3)c(C#N)c2)c(=O)n2ccccc21. The summed E-state index contributed by atoms with van der Waals surface area (Å²) in [5, 5.41) is 24.4. The van der Waals surface area contributed by atoms with E-state index >= 15 is 0 Å². The molecule has 0 bridgehead atoms. The summed E-state index contributed by atoms with van der Waals surface area (Å²) in [6.07, 6.45) is 4.52. The van der Waals surface area contributed by atoms with Gasteiger partial charge < -0.3 is 5.11 Å². The third-order valence-corrected chi connectivity index (χ3v) is 4.41. The lowest BCUT2D eigenvalue weighted by molar-refractivity contribution is -0.676. The molecule has 27 heavy (non-hydrogen) atoms. The number of pyridine rings is 1. The van der Waals surface area contributed by atoms with E-state index < -0.39 is 0 Å². The summed E-state index contributed by atoms with van der Waals surface area (Å²) < 4.78 is 4.60. The molecule has 0 aliphatic rings. The van der Waals surface area contributed by atoms with Gasteiger partial charge >= 0.3 is 5.56 Å². The number of fused-ring (bicyclic) bond motifs is 1. The Hall–Kier alpha value is -3.99. The minimum Gasteiger partial charge on any atom is -0.477 e. The van der Waals surface area contributed by atoms with Crippen LogP contribution in [0.5, 0.6) is 5.88 Å². The van der Waals surface area contributed by atoms with Gasteiger partial charge in [-0.05, 0) is 30.7 Å². The Morgan fingerprint density at radius 1 is 1.30 bits per heavy atom. The second kappa shape index (κ2) is 6.38. The zero-order chi connectivity index (χ0) is 19.0. The summed E-state index contributed by atoms with van der Waals surface area (Å²) >= 11 is 0. The van der Waals surface area contributed by atoms with Gasteiger partial charge in [0.2, 0.25) is 0 Å². The number of rotatable bonds is 3. The number of hydrogen-bond donors (Lipinski definition) is 1. The van der Waals surface area contributed by atoms with Crippen molar-refractivity contribution in [3.05, 3.63) is 71.2 Å². The number of nitriles is 1. The molecule has 0 amide bonds. The largest absolute Gasteiger partial charge is 0.477 e. The van der Waals surface area contributed by atoms with Crippen LogP contribution in [0.2, 0.25) is 0 Å². The smallest absolute Gasteiger partial charge is 0.354 e. The Kier molecular flexibility index (Phi) is 3.90. The molecule has 4 rings (SSSR count). The molecule has 132 valence electrons. The van der Waals surface area contributed by atoms with Crippen LogP contribution in [-0.4, -0.2) is 24.3 Å². The normalized spacial score (nSPS) is 10.8. The molecule has 8 heteroatoms. The quantitative estimate of drug-likeness (QED) is 0.558. The highest BCUT2D eigenvalue weighted by Crippen LogP contribution is 2.26. The highest BCUT2D eigenvalue weighted by Gasteiger charge is 2.24. The lowest BCUT2D eigenvalue weighted by atomic mass is 10.0. The number of aromatic nitrogens is 5. The van der Waals surface area contributed by atoms with Gasteiger partial charge in [0.05, 0.1) is 24.0 Å². The summed E-state index contributed by atoms with van der Waals surface area (Å²) in [7, 11) is 0. The van der Waals surface area contributed by atoms with E-state index in [1.54, 1.807) is 47.2 Å². The molecule has 4 aromatic rings. The molecule has 0 saturated carbocycles. The Labute approximate surface area is 153 Å². The van der Waals surface area contributed by atoms with Crippen LogP contribution in [-0.2, 0) is 6.54 Å². The second-order valence-electron chi connectivity index (χ2n) is 5.86. The molecule has 0 aliphatic carbocycles. The molecule has 0 atom stereocenters. The van der Waals surface area contributed by atoms with Crippen molar-refractivity contribution in [2.45, 2.75) is 13.5 Å². The molecule has 8 nitrogen and oxygen atoms in total. The van der Waals surface area contributed by atoms with Crippen molar-refractivity contribution >= 4 is 5.65 Å². The second-order valence-corrected chi connectivity index (χ2v) is 5.86. The summed E-state index contributed by atoms with van der Waals surface area (Å²) in [6.45, 7) is 2.37. The Morgan fingerprint density at radius 3 is 2.85 bits per heavy atom. The predicted octanol–water partition coefficient (Wildman–Crippen LogP) is 1.43. The van der Waals surface area contributed by atoms with E-state index in [-0.39, 0.29) is 17.0 Å². The van der Waals surface area contributed by atoms with Crippen LogP contribution in [0.25, 0.3) is 22.5 Å². The molecule has 1 N–H and O–H groups in total. The van der Waals surface area contributed by atoms with Gasteiger partial charge in [0.25, 0.3) is 11.5 Å². The van der Waals surface area contributed by atoms with E-state index in [0.29, 0.717) is 29.0 Å². The molecule has 0 unspecified atom stereocenters. The first kappa shape index (κ1) is 16.5. The molecular formula is C19H15N6O2+. The molecule has 0 radical (unpaired) electrons. The Morgan fingerprint density at radius 2 is 2.15 bits per heavy atom. The summed E-state index contributed by atoms with van der Waals surface area (Å²) in [4.78, 5) is 16.9. The van der Waals surface area contributed by atoms with Crippen molar-refractivity contribution in [2.24, 2.45) is 0 Å². The van der Waals surface area contributed by atoms with Gasteiger partial charge in [-0.3, -0.25) is 0 Å². The van der Waals surface area contributed by atoms with Crippen LogP contribution in [0.3, 0.4) is 0 Å². The zero-order valence-corrected chi connectivity index (χ0v) is 14.4. The summed E-state index contributed by atoms with van der Waals surface area (Å²) in [5.74, 6) is -0.133. The number of hydrogen-bond acceptors (Lipinski definition) is 5. The summed E-state index contributed by atoms with van der Waals surface area (Å²) in [6, 6.07) is 12.4. The maximum absolute atomic E-state index is 13.0. The Balaban J connectivity index is 2.01. The first-order chi connectivity index (χ1) is 13.2. The maximum Gasteiger partial charge on any atom is 0.354 e. The fourth-order valence-electron chi connectivity index (χ4n) is 3.16. The average Bonchev–Trinajstić information content (AvgIpc) is 3.23. The van der Waals surface area contributed by atoms with Crippen LogP contribution in [0.4, 0.5) is 0 Å². The molecule has 0 spiro atoms. The van der Waals surface area contributed by atoms with E-state index in [1.807, 2.05) is 6.92 Å². The topological polar surface area (TPSA) is 100 Å². The van der Waals surface area contributed by atoms with Crippen molar-refractivity contribution in [3.8, 4) is 28.8 Å². The molecule has 0 fully saturated rings. The minimum absolute atomic E-state index is 0.133. The average molecular weight is 359 g/mol. The first-order valence-electron chi connectivity index (χ1n) is 8.31. The highest BCUT2D eigenvalue weighted by atomic mass is 16.3. The Bertz CT molecular complexity index is 1250. The van der Waals surface area contributed by atoms with Crippen LogP contribution in [0.1, 0.15) is 12.5 Å². The summed E-state index contributed by atoms with van der Waals surface area (Å²) in [5.41, 5.74) is 1.69. The van der Waals surface area contributed by atoms with Crippen LogP contribution >= 0.6 is 0 Å². The zero-order valence-electron chi connectivity index (χ0n) is 14.4. The minimum atomic E-state index is -0.356. The lowest BCUT2D eigenvalue weighted by Gasteiger charge is -2.10. The van der Waals surface area contributed by atoms with Gasteiger partial charge in [-0.1, -0.05) is 12.1 Å². The molecule has 3 heterocycles. The monoisotopic (exact) mass is 359 g/mol. The molecule has 1 aromatic carbocycles. The van der Waals surface area contributed by atoms with Crippen LogP contribution < -0.4 is 10.1 Å². The van der Waals surface area contributed by atoms with Crippen molar-refractivity contribution in [1.82, 2.24) is 19.2 Å². The van der Waals surface area contributed by atoms with E-state index in [2.05, 4.69) is 16.2 Å². The first-order valence-corrected chi connectivity index (χ1v) is 8.31. The van der Waals surface area contributed by atoms with Crippen LogP contribution in [0.15, 0.2) is 60.0 Å². The van der Waals surface area contributed by atoms with E-state index in [4.69, 9.17) is 0 Å². The van der Waals surface area contributed by atoms with Gasteiger partial charge in [-0.25, -0.2) is 14.5 Å². The number of aromatic hydroxyl groups is 1. The fourth-order valence-corrected chi connectivity index (χ4v) is 3.16. The third-order valence-electron chi connectivity index (χ3n) is 4.41. The lowest BCUT2D eigenvalue weighted by Crippen LogP contribution is -2.40. The van der Waals surface area contributed by atoms with Gasteiger partial charge in [0.1, 0.15) is 18.7 Å². The van der Waals surface area contributed by atoms with E-state index in [9.17, 15) is 15.2 Å². The maximum atomic E-state index is 13.0.